The van der Waals surface area contributed by atoms with Crippen molar-refractivity contribution in [3.63, 3.8) is 0 Å². The molecule has 1 aromatic rings. The first kappa shape index (κ1) is 10.3. The van der Waals surface area contributed by atoms with Gasteiger partial charge in [-0.3, -0.25) is 4.98 Å². The molecule has 0 bridgehead atoms. The van der Waals surface area contributed by atoms with Crippen molar-refractivity contribution >= 4 is 17.3 Å². The van der Waals surface area contributed by atoms with Crippen LogP contribution in [0.1, 0.15) is 13.3 Å². The zero-order chi connectivity index (χ0) is 9.68. The molecule has 0 aliphatic heterocycles. The Morgan fingerprint density at radius 3 is 3.08 bits per heavy atom. The fourth-order valence-electron chi connectivity index (χ4n) is 0.934. The number of hydrogen-bond acceptors (Lipinski definition) is 3. The van der Waals surface area contributed by atoms with Gasteiger partial charge in [-0.25, -0.2) is 0 Å². The lowest BCUT2D eigenvalue weighted by Crippen LogP contribution is -2.09. The van der Waals surface area contributed by atoms with Crippen LogP contribution in [0.4, 0.5) is 5.69 Å². The molecule has 3 nitrogen and oxygen atoms in total. The van der Waals surface area contributed by atoms with Gasteiger partial charge in [0, 0.05) is 18.9 Å². The highest BCUT2D eigenvalue weighted by Crippen LogP contribution is 2.18. The Bertz CT molecular complexity index is 266. The number of rotatable bonds is 4. The van der Waals surface area contributed by atoms with Gasteiger partial charge in [0.15, 0.2) is 0 Å². The Morgan fingerprint density at radius 1 is 1.69 bits per heavy atom. The van der Waals surface area contributed by atoms with E-state index in [4.69, 9.17) is 16.7 Å². The lowest BCUT2D eigenvalue weighted by atomic mass is 10.3. The molecule has 0 radical (unpaired) electrons. The zero-order valence-corrected chi connectivity index (χ0v) is 8.25. The SMILES string of the molecule is CC(O)CCNc1ccncc1Cl. The summed E-state index contributed by atoms with van der Waals surface area (Å²) in [6, 6.07) is 1.81. The molecule has 1 rings (SSSR count). The normalized spacial score (nSPS) is 12.5. The molecular formula is C9H13ClN2O. The number of anilines is 1. The van der Waals surface area contributed by atoms with E-state index in [1.807, 2.05) is 6.07 Å². The average molecular weight is 201 g/mol. The summed E-state index contributed by atoms with van der Waals surface area (Å²) in [4.78, 5) is 3.87. The monoisotopic (exact) mass is 200 g/mol. The summed E-state index contributed by atoms with van der Waals surface area (Å²) in [5.41, 5.74) is 0.859. The van der Waals surface area contributed by atoms with Crippen LogP contribution in [0.3, 0.4) is 0 Å². The molecule has 0 saturated carbocycles. The summed E-state index contributed by atoms with van der Waals surface area (Å²) in [5, 5.41) is 12.7. The van der Waals surface area contributed by atoms with Gasteiger partial charge in [-0.2, -0.15) is 0 Å². The van der Waals surface area contributed by atoms with Crippen LogP contribution in [0, 0.1) is 0 Å². The van der Waals surface area contributed by atoms with E-state index in [1.54, 1.807) is 19.3 Å². The summed E-state index contributed by atoms with van der Waals surface area (Å²) in [5.74, 6) is 0. The second-order valence-electron chi connectivity index (χ2n) is 2.92. The molecule has 0 fully saturated rings. The number of nitrogens with zero attached hydrogens (tertiary/aromatic N) is 1. The van der Waals surface area contributed by atoms with E-state index in [-0.39, 0.29) is 6.10 Å². The first-order valence-corrected chi connectivity index (χ1v) is 4.59. The van der Waals surface area contributed by atoms with Crippen LogP contribution in [0.15, 0.2) is 18.5 Å². The second-order valence-corrected chi connectivity index (χ2v) is 3.33. The third kappa shape index (κ3) is 3.61. The van der Waals surface area contributed by atoms with Crippen molar-refractivity contribution in [1.82, 2.24) is 4.98 Å². The maximum atomic E-state index is 9.01. The van der Waals surface area contributed by atoms with Crippen molar-refractivity contribution in [1.29, 1.82) is 0 Å². The van der Waals surface area contributed by atoms with Crippen molar-refractivity contribution < 1.29 is 5.11 Å². The lowest BCUT2D eigenvalue weighted by Gasteiger charge is -2.08. The highest BCUT2D eigenvalue weighted by molar-refractivity contribution is 6.33. The van der Waals surface area contributed by atoms with Gasteiger partial charge in [0.2, 0.25) is 0 Å². The van der Waals surface area contributed by atoms with Gasteiger partial charge in [0.25, 0.3) is 0 Å². The zero-order valence-electron chi connectivity index (χ0n) is 7.50. The highest BCUT2D eigenvalue weighted by atomic mass is 35.5. The van der Waals surface area contributed by atoms with Crippen molar-refractivity contribution in [2.75, 3.05) is 11.9 Å². The average Bonchev–Trinajstić information content (AvgIpc) is 2.08. The van der Waals surface area contributed by atoms with E-state index in [0.717, 1.165) is 5.69 Å². The van der Waals surface area contributed by atoms with Crippen LogP contribution in [0.2, 0.25) is 5.02 Å². The number of pyridine rings is 1. The van der Waals surface area contributed by atoms with Crippen molar-refractivity contribution in [3.05, 3.63) is 23.5 Å². The molecule has 1 atom stereocenters. The quantitative estimate of drug-likeness (QED) is 0.781. The second kappa shape index (κ2) is 5.04. The number of aromatic nitrogens is 1. The van der Waals surface area contributed by atoms with Gasteiger partial charge < -0.3 is 10.4 Å². The molecular weight excluding hydrogens is 188 g/mol. The number of halogens is 1. The highest BCUT2D eigenvalue weighted by Gasteiger charge is 1.99. The van der Waals surface area contributed by atoms with Crippen molar-refractivity contribution in [2.24, 2.45) is 0 Å². The molecule has 1 heterocycles. The minimum Gasteiger partial charge on any atom is -0.393 e. The Hall–Kier alpha value is -0.800. The Balaban J connectivity index is 2.41. The van der Waals surface area contributed by atoms with Crippen LogP contribution < -0.4 is 5.32 Å². The van der Waals surface area contributed by atoms with Gasteiger partial charge >= 0.3 is 0 Å². The van der Waals surface area contributed by atoms with Crippen molar-refractivity contribution in [3.8, 4) is 0 Å². The maximum absolute atomic E-state index is 9.01. The molecule has 4 heteroatoms. The van der Waals surface area contributed by atoms with Gasteiger partial charge in [0.1, 0.15) is 0 Å². The van der Waals surface area contributed by atoms with Crippen LogP contribution in [-0.2, 0) is 0 Å². The molecule has 0 saturated heterocycles. The first-order chi connectivity index (χ1) is 6.20. The summed E-state index contributed by atoms with van der Waals surface area (Å²) in [7, 11) is 0. The molecule has 72 valence electrons. The topological polar surface area (TPSA) is 45.1 Å². The molecule has 0 amide bonds. The molecule has 13 heavy (non-hydrogen) atoms. The van der Waals surface area contributed by atoms with Gasteiger partial charge in [-0.15, -0.1) is 0 Å². The molecule has 0 aromatic carbocycles. The van der Waals surface area contributed by atoms with Crippen LogP contribution in [0.5, 0.6) is 0 Å². The van der Waals surface area contributed by atoms with E-state index in [2.05, 4.69) is 10.3 Å². The lowest BCUT2D eigenvalue weighted by molar-refractivity contribution is 0.189. The molecule has 0 spiro atoms. The Kier molecular flexibility index (Phi) is 3.99. The summed E-state index contributed by atoms with van der Waals surface area (Å²) < 4.78 is 0. The first-order valence-electron chi connectivity index (χ1n) is 4.21. The van der Waals surface area contributed by atoms with E-state index >= 15 is 0 Å². The van der Waals surface area contributed by atoms with Gasteiger partial charge in [-0.1, -0.05) is 11.6 Å². The fraction of sp³-hybridized carbons (Fsp3) is 0.444. The van der Waals surface area contributed by atoms with Crippen LogP contribution >= 0.6 is 11.6 Å². The third-order valence-electron chi connectivity index (χ3n) is 1.65. The standard InChI is InChI=1S/C9H13ClN2O/c1-7(13)2-5-12-9-3-4-11-6-8(9)10/h3-4,6-7,13H,2,5H2,1H3,(H,11,12). The number of hydrogen-bond donors (Lipinski definition) is 2. The molecule has 0 aliphatic rings. The Labute approximate surface area is 82.8 Å². The number of aliphatic hydroxyl groups excluding tert-OH is 1. The van der Waals surface area contributed by atoms with E-state index in [9.17, 15) is 0 Å². The summed E-state index contributed by atoms with van der Waals surface area (Å²) >= 11 is 5.85. The van der Waals surface area contributed by atoms with E-state index < -0.39 is 0 Å². The van der Waals surface area contributed by atoms with Crippen LogP contribution in [-0.4, -0.2) is 22.7 Å². The maximum Gasteiger partial charge on any atom is 0.0820 e. The molecule has 1 aromatic heterocycles. The van der Waals surface area contributed by atoms with Crippen molar-refractivity contribution in [2.45, 2.75) is 19.4 Å². The minimum atomic E-state index is -0.284. The predicted octanol–water partition coefficient (Wildman–Crippen LogP) is 1.92. The summed E-state index contributed by atoms with van der Waals surface area (Å²) in [6.45, 7) is 2.47. The minimum absolute atomic E-state index is 0.284. The largest absolute Gasteiger partial charge is 0.393 e. The van der Waals surface area contributed by atoms with Gasteiger partial charge in [0.05, 0.1) is 16.8 Å². The third-order valence-corrected chi connectivity index (χ3v) is 1.95. The Morgan fingerprint density at radius 2 is 2.46 bits per heavy atom. The predicted molar refractivity (Wildman–Crippen MR) is 54.0 cm³/mol. The number of nitrogens with one attached hydrogen (secondary N) is 1. The number of aliphatic hydroxyl groups is 1. The summed E-state index contributed by atoms with van der Waals surface area (Å²) in [6.07, 6.45) is 3.69. The van der Waals surface area contributed by atoms with E-state index in [0.29, 0.717) is 18.0 Å². The van der Waals surface area contributed by atoms with Crippen LogP contribution in [0.25, 0.3) is 0 Å². The molecule has 2 N–H and O–H groups in total. The molecule has 0 aliphatic carbocycles. The van der Waals surface area contributed by atoms with Gasteiger partial charge in [-0.05, 0) is 19.4 Å². The smallest absolute Gasteiger partial charge is 0.0820 e. The molecule has 1 unspecified atom stereocenters. The fourth-order valence-corrected chi connectivity index (χ4v) is 1.12. The van der Waals surface area contributed by atoms with E-state index in [1.165, 1.54) is 0 Å².